The van der Waals surface area contributed by atoms with E-state index in [4.69, 9.17) is 0 Å². The zero-order chi connectivity index (χ0) is 22.0. The van der Waals surface area contributed by atoms with Gasteiger partial charge in [-0.15, -0.1) is 0 Å². The van der Waals surface area contributed by atoms with Crippen LogP contribution in [0.25, 0.3) is 11.2 Å². The van der Waals surface area contributed by atoms with Crippen LogP contribution >= 0.6 is 0 Å². The second kappa shape index (κ2) is 8.43. The van der Waals surface area contributed by atoms with E-state index in [0.717, 1.165) is 21.4 Å². The highest BCUT2D eigenvalue weighted by Crippen LogP contribution is 2.17. The lowest BCUT2D eigenvalue weighted by Gasteiger charge is -2.10. The Balaban J connectivity index is 1.79. The Hall–Kier alpha value is -3.94. The first-order valence-electron chi connectivity index (χ1n) is 10.0. The molecular formula is C23H24N6O2. The van der Waals surface area contributed by atoms with Gasteiger partial charge in [0.2, 0.25) is 5.95 Å². The molecule has 2 heterocycles. The zero-order valence-corrected chi connectivity index (χ0v) is 17.7. The van der Waals surface area contributed by atoms with E-state index in [9.17, 15) is 9.59 Å². The third-order valence-electron chi connectivity index (χ3n) is 5.33. The van der Waals surface area contributed by atoms with Gasteiger partial charge in [-0.05, 0) is 24.5 Å². The Morgan fingerprint density at radius 3 is 2.29 bits per heavy atom. The Morgan fingerprint density at radius 1 is 0.968 bits per heavy atom. The third kappa shape index (κ3) is 3.92. The van der Waals surface area contributed by atoms with Crippen LogP contribution in [-0.4, -0.2) is 24.4 Å². The average molecular weight is 416 g/mol. The largest absolute Gasteiger partial charge is 0.332 e. The molecule has 31 heavy (non-hydrogen) atoms. The molecule has 0 aliphatic rings. The van der Waals surface area contributed by atoms with Crippen molar-refractivity contribution in [3.63, 3.8) is 0 Å². The molecule has 0 aliphatic carbocycles. The number of rotatable bonds is 6. The molecule has 8 nitrogen and oxygen atoms in total. The van der Waals surface area contributed by atoms with Gasteiger partial charge in [0, 0.05) is 20.6 Å². The van der Waals surface area contributed by atoms with Gasteiger partial charge in [-0.25, -0.2) is 10.2 Å². The molecule has 158 valence electrons. The van der Waals surface area contributed by atoms with Gasteiger partial charge in [0.1, 0.15) is 0 Å². The van der Waals surface area contributed by atoms with E-state index in [2.05, 4.69) is 15.5 Å². The van der Waals surface area contributed by atoms with Gasteiger partial charge in [0.15, 0.2) is 11.2 Å². The van der Waals surface area contributed by atoms with Crippen molar-refractivity contribution in [2.75, 3.05) is 5.43 Å². The molecule has 4 aromatic rings. The number of aryl methyl sites for hydroxylation is 3. The number of nitrogens with zero attached hydrogens (tertiary/aromatic N) is 5. The SMILES string of the molecule is C/C(=N/Nc1nc2c(c(=O)n(C)c(=O)n2C)n1CCc1ccccc1)c1ccccc1. The predicted molar refractivity (Wildman–Crippen MR) is 123 cm³/mol. The number of aromatic nitrogens is 4. The monoisotopic (exact) mass is 416 g/mol. The van der Waals surface area contributed by atoms with Crippen molar-refractivity contribution in [1.82, 2.24) is 18.7 Å². The lowest BCUT2D eigenvalue weighted by Crippen LogP contribution is -2.37. The molecule has 2 aromatic heterocycles. The molecule has 0 unspecified atom stereocenters. The molecule has 0 fully saturated rings. The highest BCUT2D eigenvalue weighted by molar-refractivity contribution is 5.99. The van der Waals surface area contributed by atoms with E-state index < -0.39 is 5.69 Å². The van der Waals surface area contributed by atoms with Gasteiger partial charge in [-0.2, -0.15) is 10.1 Å². The maximum absolute atomic E-state index is 12.9. The molecule has 0 spiro atoms. The lowest BCUT2D eigenvalue weighted by molar-refractivity contribution is 0.687. The summed E-state index contributed by atoms with van der Waals surface area (Å²) >= 11 is 0. The maximum atomic E-state index is 12.9. The molecule has 0 radical (unpaired) electrons. The highest BCUT2D eigenvalue weighted by atomic mass is 16.2. The quantitative estimate of drug-likeness (QED) is 0.387. The number of imidazole rings is 1. The van der Waals surface area contributed by atoms with E-state index in [1.807, 2.05) is 67.6 Å². The minimum atomic E-state index is -0.416. The van der Waals surface area contributed by atoms with Crippen molar-refractivity contribution in [2.24, 2.45) is 19.2 Å². The molecule has 1 N–H and O–H groups in total. The summed E-state index contributed by atoms with van der Waals surface area (Å²) in [6.45, 7) is 2.41. The van der Waals surface area contributed by atoms with Crippen LogP contribution in [0.1, 0.15) is 18.1 Å². The normalized spacial score (nSPS) is 11.8. The van der Waals surface area contributed by atoms with Crippen LogP contribution in [-0.2, 0) is 27.1 Å². The zero-order valence-electron chi connectivity index (χ0n) is 17.7. The summed E-state index contributed by atoms with van der Waals surface area (Å²) in [5, 5.41) is 4.47. The number of benzene rings is 2. The molecule has 4 rings (SSSR count). The van der Waals surface area contributed by atoms with Crippen LogP contribution in [0.5, 0.6) is 0 Å². The fourth-order valence-corrected chi connectivity index (χ4v) is 3.51. The minimum Gasteiger partial charge on any atom is -0.303 e. The predicted octanol–water partition coefficient (Wildman–Crippen LogP) is 2.51. The number of hydrazone groups is 1. The summed E-state index contributed by atoms with van der Waals surface area (Å²) in [4.78, 5) is 29.9. The number of fused-ring (bicyclic) bond motifs is 1. The van der Waals surface area contributed by atoms with E-state index in [0.29, 0.717) is 30.1 Å². The highest BCUT2D eigenvalue weighted by Gasteiger charge is 2.19. The Kier molecular flexibility index (Phi) is 5.53. The minimum absolute atomic E-state index is 0.330. The second-order valence-electron chi connectivity index (χ2n) is 7.38. The summed E-state index contributed by atoms with van der Waals surface area (Å²) in [5.74, 6) is 0.416. The fraction of sp³-hybridized carbons (Fsp3) is 0.217. The van der Waals surface area contributed by atoms with Crippen molar-refractivity contribution in [3.05, 3.63) is 92.6 Å². The third-order valence-corrected chi connectivity index (χ3v) is 5.33. The Labute approximate surface area is 179 Å². The van der Waals surface area contributed by atoms with Crippen molar-refractivity contribution < 1.29 is 0 Å². The smallest absolute Gasteiger partial charge is 0.303 e. The summed E-state index contributed by atoms with van der Waals surface area (Å²) < 4.78 is 4.28. The summed E-state index contributed by atoms with van der Waals surface area (Å²) in [6, 6.07) is 19.8. The molecule has 0 bridgehead atoms. The van der Waals surface area contributed by atoms with Crippen LogP contribution < -0.4 is 16.7 Å². The first-order valence-corrected chi connectivity index (χ1v) is 10.0. The van der Waals surface area contributed by atoms with Gasteiger partial charge < -0.3 is 4.57 Å². The first-order chi connectivity index (χ1) is 15.0. The molecule has 0 saturated heterocycles. The standard InChI is InChI=1S/C23H24N6O2/c1-16(18-12-8-5-9-13-18)25-26-22-24-20-19(21(30)28(3)23(31)27(20)2)29(22)15-14-17-10-6-4-7-11-17/h4-13H,14-15H2,1-3H3,(H,24,26)/b25-16-. The molecule has 0 amide bonds. The van der Waals surface area contributed by atoms with Crippen LogP contribution in [0, 0.1) is 0 Å². The Morgan fingerprint density at radius 2 is 1.61 bits per heavy atom. The van der Waals surface area contributed by atoms with Gasteiger partial charge >= 0.3 is 5.69 Å². The molecule has 0 saturated carbocycles. The molecule has 0 atom stereocenters. The van der Waals surface area contributed by atoms with Crippen LogP contribution in [0.3, 0.4) is 0 Å². The van der Waals surface area contributed by atoms with E-state index in [1.54, 1.807) is 11.6 Å². The van der Waals surface area contributed by atoms with Crippen molar-refractivity contribution in [3.8, 4) is 0 Å². The second-order valence-corrected chi connectivity index (χ2v) is 7.38. The van der Waals surface area contributed by atoms with Crippen LogP contribution in [0.15, 0.2) is 75.4 Å². The van der Waals surface area contributed by atoms with Crippen LogP contribution in [0.2, 0.25) is 0 Å². The van der Waals surface area contributed by atoms with Gasteiger partial charge in [0.25, 0.3) is 5.56 Å². The molecule has 8 heteroatoms. The molecular weight excluding hydrogens is 392 g/mol. The number of hydrogen-bond donors (Lipinski definition) is 1. The summed E-state index contributed by atoms with van der Waals surface area (Å²) in [6.07, 6.45) is 0.703. The number of nitrogens with one attached hydrogen (secondary N) is 1. The van der Waals surface area contributed by atoms with Crippen LogP contribution in [0.4, 0.5) is 5.95 Å². The fourth-order valence-electron chi connectivity index (χ4n) is 3.51. The number of anilines is 1. The van der Waals surface area contributed by atoms with Crippen molar-refractivity contribution in [2.45, 2.75) is 19.9 Å². The van der Waals surface area contributed by atoms with Crippen molar-refractivity contribution in [1.29, 1.82) is 0 Å². The van der Waals surface area contributed by atoms with Crippen molar-refractivity contribution >= 4 is 22.8 Å². The van der Waals surface area contributed by atoms with Gasteiger partial charge in [-0.3, -0.25) is 13.9 Å². The molecule has 0 aliphatic heterocycles. The first kappa shape index (κ1) is 20.3. The van der Waals surface area contributed by atoms with Gasteiger partial charge in [-0.1, -0.05) is 60.7 Å². The Bertz CT molecular complexity index is 1360. The van der Waals surface area contributed by atoms with E-state index >= 15 is 0 Å². The summed E-state index contributed by atoms with van der Waals surface area (Å²) in [5.41, 5.74) is 5.81. The van der Waals surface area contributed by atoms with E-state index in [-0.39, 0.29) is 5.56 Å². The summed E-state index contributed by atoms with van der Waals surface area (Å²) in [7, 11) is 3.09. The topological polar surface area (TPSA) is 86.2 Å². The lowest BCUT2D eigenvalue weighted by atomic mass is 10.1. The maximum Gasteiger partial charge on any atom is 0.332 e. The van der Waals surface area contributed by atoms with E-state index in [1.165, 1.54) is 11.6 Å². The molecule has 2 aromatic carbocycles. The number of hydrogen-bond acceptors (Lipinski definition) is 5. The van der Waals surface area contributed by atoms with Gasteiger partial charge in [0.05, 0.1) is 5.71 Å². The average Bonchev–Trinajstić information content (AvgIpc) is 3.18.